The lowest BCUT2D eigenvalue weighted by atomic mass is 10.1. The highest BCUT2D eigenvalue weighted by Gasteiger charge is 2.11. The number of aromatic nitrogens is 1. The van der Waals surface area contributed by atoms with Gasteiger partial charge in [0.2, 0.25) is 0 Å². The van der Waals surface area contributed by atoms with E-state index in [0.29, 0.717) is 5.69 Å². The van der Waals surface area contributed by atoms with E-state index in [9.17, 15) is 9.59 Å². The van der Waals surface area contributed by atoms with Crippen molar-refractivity contribution in [2.75, 3.05) is 24.7 Å². The Hall–Kier alpha value is -2.89. The molecule has 0 unspecified atom stereocenters. The van der Waals surface area contributed by atoms with Gasteiger partial charge in [-0.15, -0.1) is 0 Å². The van der Waals surface area contributed by atoms with Crippen molar-refractivity contribution >= 4 is 23.3 Å². The smallest absolute Gasteiger partial charge is 0.323 e. The predicted molar refractivity (Wildman–Crippen MR) is 90.8 cm³/mol. The Morgan fingerprint density at radius 3 is 2.52 bits per heavy atom. The summed E-state index contributed by atoms with van der Waals surface area (Å²) in [5.74, 6) is -0.219. The zero-order chi connectivity index (χ0) is 17.0. The van der Waals surface area contributed by atoms with Crippen LogP contribution in [0, 0.1) is 13.8 Å². The maximum absolute atomic E-state index is 12.1. The summed E-state index contributed by atoms with van der Waals surface area (Å²) in [5.41, 5.74) is 3.65. The third-order valence-electron chi connectivity index (χ3n) is 3.50. The Bertz CT molecular complexity index is 741. The first kappa shape index (κ1) is 16.5. The van der Waals surface area contributed by atoms with Gasteiger partial charge in [-0.1, -0.05) is 12.1 Å². The van der Waals surface area contributed by atoms with Gasteiger partial charge >= 0.3 is 6.03 Å². The molecule has 6 heteroatoms. The van der Waals surface area contributed by atoms with Gasteiger partial charge in [-0.2, -0.15) is 0 Å². The molecule has 0 atom stereocenters. The Balaban J connectivity index is 2.10. The van der Waals surface area contributed by atoms with Crippen molar-refractivity contribution in [1.29, 1.82) is 0 Å². The third kappa shape index (κ3) is 4.06. The van der Waals surface area contributed by atoms with Crippen LogP contribution in [0.4, 0.5) is 16.2 Å². The molecule has 0 saturated heterocycles. The quantitative estimate of drug-likeness (QED) is 0.914. The number of benzene rings is 1. The highest BCUT2D eigenvalue weighted by atomic mass is 16.2. The minimum Gasteiger partial charge on any atom is -0.343 e. The number of rotatable bonds is 3. The second kappa shape index (κ2) is 6.91. The van der Waals surface area contributed by atoms with E-state index in [0.717, 1.165) is 16.8 Å². The highest BCUT2D eigenvalue weighted by Crippen LogP contribution is 2.18. The van der Waals surface area contributed by atoms with Gasteiger partial charge in [0.25, 0.3) is 5.91 Å². The number of hydrogen-bond donors (Lipinski definition) is 2. The number of carbonyl (C=O) groups is 2. The molecule has 0 radical (unpaired) electrons. The van der Waals surface area contributed by atoms with E-state index in [1.165, 1.54) is 11.1 Å². The minimum atomic E-state index is -0.367. The van der Waals surface area contributed by atoms with Gasteiger partial charge in [0.05, 0.1) is 0 Å². The van der Waals surface area contributed by atoms with Crippen molar-refractivity contribution in [2.45, 2.75) is 13.8 Å². The molecule has 0 fully saturated rings. The fourth-order valence-corrected chi connectivity index (χ4v) is 2.03. The number of anilines is 2. The van der Waals surface area contributed by atoms with E-state index in [1.54, 1.807) is 26.2 Å². The molecular weight excluding hydrogens is 292 g/mol. The molecule has 2 aromatic rings. The molecule has 23 heavy (non-hydrogen) atoms. The number of urea groups is 1. The Kier molecular flexibility index (Phi) is 4.95. The fourth-order valence-electron chi connectivity index (χ4n) is 2.03. The summed E-state index contributed by atoms with van der Waals surface area (Å²) in [6.07, 6.45) is 1.49. The molecule has 0 spiro atoms. The van der Waals surface area contributed by atoms with Crippen LogP contribution in [0.3, 0.4) is 0 Å². The van der Waals surface area contributed by atoms with E-state index in [1.807, 2.05) is 32.0 Å². The first-order chi connectivity index (χ1) is 10.9. The number of nitrogens with one attached hydrogen (secondary N) is 2. The van der Waals surface area contributed by atoms with Gasteiger partial charge in [-0.3, -0.25) is 9.78 Å². The van der Waals surface area contributed by atoms with Gasteiger partial charge in [-0.25, -0.2) is 4.79 Å². The second-order valence-electron chi connectivity index (χ2n) is 5.46. The van der Waals surface area contributed by atoms with Crippen LogP contribution < -0.4 is 10.6 Å². The average Bonchev–Trinajstić information content (AvgIpc) is 2.51. The van der Waals surface area contributed by atoms with E-state index in [4.69, 9.17) is 0 Å². The largest absolute Gasteiger partial charge is 0.343 e. The van der Waals surface area contributed by atoms with Gasteiger partial charge < -0.3 is 15.5 Å². The molecule has 0 aliphatic carbocycles. The van der Waals surface area contributed by atoms with Crippen molar-refractivity contribution in [3.05, 3.63) is 53.3 Å². The molecular formula is C17H20N4O2. The second-order valence-corrected chi connectivity index (χ2v) is 5.46. The molecule has 0 aliphatic rings. The number of aryl methyl sites for hydroxylation is 1. The lowest BCUT2D eigenvalue weighted by molar-refractivity contribution is 0.0822. The van der Waals surface area contributed by atoms with E-state index in [2.05, 4.69) is 15.6 Å². The van der Waals surface area contributed by atoms with Crippen molar-refractivity contribution in [2.24, 2.45) is 0 Å². The van der Waals surface area contributed by atoms with E-state index in [-0.39, 0.29) is 17.6 Å². The Morgan fingerprint density at radius 2 is 1.83 bits per heavy atom. The van der Waals surface area contributed by atoms with Crippen LogP contribution in [-0.4, -0.2) is 35.9 Å². The first-order valence-electron chi connectivity index (χ1n) is 7.20. The fraction of sp³-hybridized carbons (Fsp3) is 0.235. The predicted octanol–water partition coefficient (Wildman–Crippen LogP) is 3.04. The summed E-state index contributed by atoms with van der Waals surface area (Å²) in [5, 5.41) is 5.52. The number of amides is 3. The number of pyridine rings is 1. The van der Waals surface area contributed by atoms with Crippen molar-refractivity contribution < 1.29 is 9.59 Å². The number of nitrogens with zero attached hydrogens (tertiary/aromatic N) is 2. The lowest BCUT2D eigenvalue weighted by Gasteiger charge is -2.13. The van der Waals surface area contributed by atoms with Crippen LogP contribution in [-0.2, 0) is 0 Å². The van der Waals surface area contributed by atoms with Crippen LogP contribution in [0.25, 0.3) is 0 Å². The zero-order valence-corrected chi connectivity index (χ0v) is 13.7. The summed E-state index contributed by atoms with van der Waals surface area (Å²) < 4.78 is 0. The molecule has 1 aromatic carbocycles. The first-order valence-corrected chi connectivity index (χ1v) is 7.20. The van der Waals surface area contributed by atoms with E-state index >= 15 is 0 Å². The average molecular weight is 312 g/mol. The zero-order valence-electron chi connectivity index (χ0n) is 13.7. The van der Waals surface area contributed by atoms with Crippen LogP contribution in [0.15, 0.2) is 36.5 Å². The molecule has 120 valence electrons. The topological polar surface area (TPSA) is 74.3 Å². The lowest BCUT2D eigenvalue weighted by Crippen LogP contribution is -2.24. The van der Waals surface area contributed by atoms with Crippen LogP contribution >= 0.6 is 0 Å². The summed E-state index contributed by atoms with van der Waals surface area (Å²) in [4.78, 5) is 29.5. The maximum atomic E-state index is 12.1. The van der Waals surface area contributed by atoms with Gasteiger partial charge in [-0.05, 0) is 43.2 Å². The third-order valence-corrected chi connectivity index (χ3v) is 3.50. The molecule has 0 aliphatic heterocycles. The number of hydrogen-bond acceptors (Lipinski definition) is 3. The van der Waals surface area contributed by atoms with E-state index < -0.39 is 0 Å². The molecule has 2 N–H and O–H groups in total. The van der Waals surface area contributed by atoms with Crippen LogP contribution in [0.5, 0.6) is 0 Å². The molecule has 3 amide bonds. The molecule has 6 nitrogen and oxygen atoms in total. The normalized spacial score (nSPS) is 10.1. The molecule has 0 bridgehead atoms. The summed E-state index contributed by atoms with van der Waals surface area (Å²) in [7, 11) is 3.30. The van der Waals surface area contributed by atoms with Crippen LogP contribution in [0.2, 0.25) is 0 Å². The maximum Gasteiger partial charge on any atom is 0.323 e. The summed E-state index contributed by atoms with van der Waals surface area (Å²) >= 11 is 0. The van der Waals surface area contributed by atoms with Crippen LogP contribution in [0.1, 0.15) is 21.6 Å². The Morgan fingerprint density at radius 1 is 1.09 bits per heavy atom. The molecule has 1 aromatic heterocycles. The van der Waals surface area contributed by atoms with Gasteiger partial charge in [0.1, 0.15) is 5.69 Å². The summed E-state index contributed by atoms with van der Waals surface area (Å²) in [6, 6.07) is 8.53. The number of carbonyl (C=O) groups excluding carboxylic acids is 2. The highest BCUT2D eigenvalue weighted by molar-refractivity contribution is 6.01. The minimum absolute atomic E-state index is 0.219. The van der Waals surface area contributed by atoms with Gasteiger partial charge in [0.15, 0.2) is 0 Å². The SMILES string of the molecule is Cc1cccc(NC(=O)Nc2ccnc(C(=O)N(C)C)c2)c1C. The standard InChI is InChI=1S/C17H20N4O2/c1-11-6-5-7-14(12(11)2)20-17(23)19-13-8-9-18-15(10-13)16(22)21(3)4/h5-10H,1-4H3,(H2,18,19,20,23). The molecule has 2 rings (SSSR count). The molecule has 0 saturated carbocycles. The van der Waals surface area contributed by atoms with Crippen molar-refractivity contribution in [1.82, 2.24) is 9.88 Å². The van der Waals surface area contributed by atoms with Crippen molar-refractivity contribution in [3.8, 4) is 0 Å². The molecule has 1 heterocycles. The summed E-state index contributed by atoms with van der Waals surface area (Å²) in [6.45, 7) is 3.94. The Labute approximate surface area is 135 Å². The van der Waals surface area contributed by atoms with Crippen molar-refractivity contribution in [3.63, 3.8) is 0 Å². The monoisotopic (exact) mass is 312 g/mol. The van der Waals surface area contributed by atoms with Gasteiger partial charge in [0, 0.05) is 31.7 Å².